The molecule has 0 fully saturated rings. The third kappa shape index (κ3) is 3.56. The molecular weight excluding hydrogens is 452 g/mol. The Bertz CT molecular complexity index is 1350. The first-order valence-electron chi connectivity index (χ1n) is 11.3. The molecule has 2 heterocycles. The van der Waals surface area contributed by atoms with Crippen molar-refractivity contribution in [3.63, 3.8) is 0 Å². The Morgan fingerprint density at radius 1 is 0.639 bits per heavy atom. The Balaban J connectivity index is 2.09. The maximum absolute atomic E-state index is 14.0. The second-order valence-electron chi connectivity index (χ2n) is 9.61. The first kappa shape index (κ1) is 24.4. The zero-order valence-corrected chi connectivity index (χ0v) is 20.5. The molecule has 0 spiro atoms. The molecule has 0 bridgehead atoms. The van der Waals surface area contributed by atoms with Gasteiger partial charge >= 0.3 is 0 Å². The van der Waals surface area contributed by atoms with E-state index in [-0.39, 0.29) is 22.5 Å². The van der Waals surface area contributed by atoms with Gasteiger partial charge in [-0.05, 0) is 38.8 Å². The molecule has 2 aromatic rings. The van der Waals surface area contributed by atoms with Crippen molar-refractivity contribution in [3.8, 4) is 24.7 Å². The van der Waals surface area contributed by atoms with E-state index in [1.54, 1.807) is 60.7 Å². The average molecular weight is 477 g/mol. The van der Waals surface area contributed by atoms with Crippen LogP contribution < -0.4 is 0 Å². The van der Waals surface area contributed by atoms with Crippen LogP contribution in [0.25, 0.3) is 11.4 Å². The molecule has 0 aromatic heterocycles. The number of rotatable bonds is 4. The molecule has 6 nitrogen and oxygen atoms in total. The second kappa shape index (κ2) is 8.52. The molecule has 0 atom stereocenters. The van der Waals surface area contributed by atoms with Crippen molar-refractivity contribution >= 4 is 35.0 Å². The number of hydrogen-bond donors (Lipinski definition) is 0. The van der Waals surface area contributed by atoms with Crippen molar-refractivity contribution < 1.29 is 19.2 Å². The van der Waals surface area contributed by atoms with Crippen LogP contribution in [0.5, 0.6) is 0 Å². The molecule has 0 saturated heterocycles. The SMILES string of the molecule is C#CC(C)(C)C(=O)N1C(=O)C2=C(c3ccccc3)N(C(=O)C(C)(C)C#C)C(=O)C2=C1c1ccccc1. The van der Waals surface area contributed by atoms with Crippen LogP contribution in [0, 0.1) is 35.5 Å². The summed E-state index contributed by atoms with van der Waals surface area (Å²) in [6.45, 7) is 6.13. The standard InChI is InChI=1S/C30H24N2O4/c1-7-29(3,4)27(35)31-23(19-15-11-9-12-16-19)21-22(25(31)33)24(20-17-13-10-14-18-20)32(26(21)34)28(36)30(5,6)8-2/h1-2,9-18H,3-6H3. The first-order chi connectivity index (χ1) is 17.0. The van der Waals surface area contributed by atoms with Crippen LogP contribution in [0.1, 0.15) is 38.8 Å². The summed E-state index contributed by atoms with van der Waals surface area (Å²) < 4.78 is 0. The Morgan fingerprint density at radius 2 is 0.944 bits per heavy atom. The van der Waals surface area contributed by atoms with Gasteiger partial charge < -0.3 is 0 Å². The molecule has 4 rings (SSSR count). The molecule has 2 aromatic carbocycles. The molecule has 2 aliphatic heterocycles. The number of terminal acetylenes is 2. The summed E-state index contributed by atoms with van der Waals surface area (Å²) in [6, 6.07) is 17.2. The monoisotopic (exact) mass is 476 g/mol. The molecule has 4 amide bonds. The van der Waals surface area contributed by atoms with Gasteiger partial charge in [-0.15, -0.1) is 12.8 Å². The Labute approximate surface area is 210 Å². The molecule has 0 saturated carbocycles. The lowest BCUT2D eigenvalue weighted by Crippen LogP contribution is -2.43. The van der Waals surface area contributed by atoms with Gasteiger partial charge in [0.1, 0.15) is 10.8 Å². The van der Waals surface area contributed by atoms with E-state index in [1.807, 2.05) is 0 Å². The van der Waals surface area contributed by atoms with E-state index < -0.39 is 34.5 Å². The first-order valence-corrected chi connectivity index (χ1v) is 11.3. The predicted molar refractivity (Wildman–Crippen MR) is 136 cm³/mol. The van der Waals surface area contributed by atoms with Gasteiger partial charge in [0.15, 0.2) is 0 Å². The summed E-state index contributed by atoms with van der Waals surface area (Å²) in [7, 11) is 0. The molecule has 0 unspecified atom stereocenters. The van der Waals surface area contributed by atoms with E-state index in [2.05, 4.69) is 11.8 Å². The highest BCUT2D eigenvalue weighted by atomic mass is 16.2. The summed E-state index contributed by atoms with van der Waals surface area (Å²) in [4.78, 5) is 57.1. The van der Waals surface area contributed by atoms with Gasteiger partial charge in [-0.3, -0.25) is 19.2 Å². The Hall–Kier alpha value is -4.68. The van der Waals surface area contributed by atoms with Crippen LogP contribution >= 0.6 is 0 Å². The van der Waals surface area contributed by atoms with E-state index in [1.165, 1.54) is 27.7 Å². The summed E-state index contributed by atoms with van der Waals surface area (Å²) in [5.41, 5.74) is -1.61. The maximum atomic E-state index is 14.0. The lowest BCUT2D eigenvalue weighted by molar-refractivity contribution is -0.142. The van der Waals surface area contributed by atoms with E-state index in [9.17, 15) is 19.2 Å². The van der Waals surface area contributed by atoms with Gasteiger partial charge in [0, 0.05) is 0 Å². The molecular formula is C30H24N2O4. The number of nitrogens with zero attached hydrogens (tertiary/aromatic N) is 2. The van der Waals surface area contributed by atoms with Gasteiger partial charge in [0.2, 0.25) is 0 Å². The lowest BCUT2D eigenvalue weighted by atomic mass is 9.92. The second-order valence-corrected chi connectivity index (χ2v) is 9.61. The number of imide groups is 2. The van der Waals surface area contributed by atoms with E-state index in [4.69, 9.17) is 12.8 Å². The van der Waals surface area contributed by atoms with Crippen LogP contribution in [0.2, 0.25) is 0 Å². The summed E-state index contributed by atoms with van der Waals surface area (Å²) >= 11 is 0. The number of fused-ring (bicyclic) bond motifs is 1. The molecule has 0 N–H and O–H groups in total. The third-order valence-electron chi connectivity index (χ3n) is 6.30. The number of carbonyl (C=O) groups is 4. The quantitative estimate of drug-likeness (QED) is 0.628. The highest BCUT2D eigenvalue weighted by Crippen LogP contribution is 2.48. The fourth-order valence-electron chi connectivity index (χ4n) is 4.11. The normalized spacial score (nSPS) is 15.7. The zero-order chi connectivity index (χ0) is 26.4. The molecule has 6 heteroatoms. The van der Waals surface area contributed by atoms with Gasteiger partial charge in [-0.25, -0.2) is 9.80 Å². The highest BCUT2D eigenvalue weighted by Gasteiger charge is 2.55. The van der Waals surface area contributed by atoms with Crippen molar-refractivity contribution in [2.75, 3.05) is 0 Å². The zero-order valence-electron chi connectivity index (χ0n) is 20.5. The van der Waals surface area contributed by atoms with Crippen molar-refractivity contribution in [1.82, 2.24) is 9.80 Å². The van der Waals surface area contributed by atoms with Crippen molar-refractivity contribution in [2.45, 2.75) is 27.7 Å². The van der Waals surface area contributed by atoms with Crippen molar-refractivity contribution in [3.05, 3.63) is 82.9 Å². The van der Waals surface area contributed by atoms with Crippen LogP contribution in [0.4, 0.5) is 0 Å². The molecule has 178 valence electrons. The minimum atomic E-state index is -1.33. The molecule has 0 radical (unpaired) electrons. The van der Waals surface area contributed by atoms with Gasteiger partial charge in [-0.1, -0.05) is 72.5 Å². The van der Waals surface area contributed by atoms with Crippen molar-refractivity contribution in [1.29, 1.82) is 0 Å². The smallest absolute Gasteiger partial charge is 0.268 e. The topological polar surface area (TPSA) is 74.8 Å². The fraction of sp³-hybridized carbons (Fsp3) is 0.200. The number of hydrogen-bond acceptors (Lipinski definition) is 4. The summed E-state index contributed by atoms with van der Waals surface area (Å²) in [6.07, 6.45) is 11.2. The predicted octanol–water partition coefficient (Wildman–Crippen LogP) is 3.87. The summed E-state index contributed by atoms with van der Waals surface area (Å²) in [5, 5.41) is 0. The van der Waals surface area contributed by atoms with E-state index in [0.29, 0.717) is 11.1 Å². The van der Waals surface area contributed by atoms with Crippen LogP contribution in [-0.2, 0) is 19.2 Å². The minimum Gasteiger partial charge on any atom is -0.272 e. The largest absolute Gasteiger partial charge is 0.272 e. The van der Waals surface area contributed by atoms with Crippen LogP contribution in [0.3, 0.4) is 0 Å². The van der Waals surface area contributed by atoms with Crippen LogP contribution in [-0.4, -0.2) is 33.4 Å². The Morgan fingerprint density at radius 3 is 1.22 bits per heavy atom. The van der Waals surface area contributed by atoms with E-state index in [0.717, 1.165) is 9.80 Å². The van der Waals surface area contributed by atoms with Gasteiger partial charge in [0.25, 0.3) is 23.6 Å². The highest BCUT2D eigenvalue weighted by molar-refractivity contribution is 6.36. The van der Waals surface area contributed by atoms with E-state index >= 15 is 0 Å². The minimum absolute atomic E-state index is 0.0348. The van der Waals surface area contributed by atoms with Gasteiger partial charge in [0.05, 0.1) is 22.5 Å². The number of amides is 4. The maximum Gasteiger partial charge on any atom is 0.268 e. The lowest BCUT2D eigenvalue weighted by Gasteiger charge is -2.29. The molecule has 2 aliphatic rings. The third-order valence-corrected chi connectivity index (χ3v) is 6.30. The van der Waals surface area contributed by atoms with Crippen molar-refractivity contribution in [2.24, 2.45) is 10.8 Å². The fourth-order valence-corrected chi connectivity index (χ4v) is 4.11. The van der Waals surface area contributed by atoms with Crippen LogP contribution in [0.15, 0.2) is 71.8 Å². The molecule has 36 heavy (non-hydrogen) atoms. The van der Waals surface area contributed by atoms with Gasteiger partial charge in [-0.2, -0.15) is 0 Å². The number of benzene rings is 2. The molecule has 0 aliphatic carbocycles. The Kier molecular flexibility index (Phi) is 5.78. The number of carbonyl (C=O) groups excluding carboxylic acids is 4. The average Bonchev–Trinajstić information content (AvgIpc) is 3.35. The summed E-state index contributed by atoms with van der Waals surface area (Å²) in [5.74, 6) is 2.12.